The zero-order valence-corrected chi connectivity index (χ0v) is 16.0. The van der Waals surface area contributed by atoms with Gasteiger partial charge in [0, 0.05) is 24.2 Å². The van der Waals surface area contributed by atoms with E-state index in [1.54, 1.807) is 12.1 Å². The Morgan fingerprint density at radius 3 is 2.45 bits per heavy atom. The van der Waals surface area contributed by atoms with Crippen LogP contribution < -0.4 is 4.90 Å². The number of nitrogens with zero attached hydrogens (tertiary/aromatic N) is 4. The van der Waals surface area contributed by atoms with Crippen molar-refractivity contribution in [1.29, 1.82) is 5.26 Å². The second-order valence-corrected chi connectivity index (χ2v) is 7.12. The van der Waals surface area contributed by atoms with E-state index in [0.717, 1.165) is 6.07 Å². The molecule has 0 saturated carbocycles. The van der Waals surface area contributed by atoms with Crippen LogP contribution in [0.15, 0.2) is 40.9 Å². The molecule has 1 saturated heterocycles. The number of benzene rings is 2. The number of nitriles is 1. The van der Waals surface area contributed by atoms with Crippen molar-refractivity contribution in [3.8, 4) is 28.9 Å². The summed E-state index contributed by atoms with van der Waals surface area (Å²) >= 11 is 0. The standard InChI is InChI=1S/C21H15F5N4O/c22-15-5-7-30(8-6-15)18-4-2-13(9-14(18)11-27)20-28-19(29-31-20)12-1-3-17(23)16(10-12)21(24,25)26/h1-4,9-10,15H,5-8H2. The van der Waals surface area contributed by atoms with Gasteiger partial charge >= 0.3 is 6.18 Å². The van der Waals surface area contributed by atoms with Crippen LogP contribution in [0.4, 0.5) is 27.6 Å². The van der Waals surface area contributed by atoms with Gasteiger partial charge in [0.1, 0.15) is 18.1 Å². The summed E-state index contributed by atoms with van der Waals surface area (Å²) < 4.78 is 70.9. The van der Waals surface area contributed by atoms with Crippen LogP contribution in [0.3, 0.4) is 0 Å². The molecule has 3 aromatic rings. The summed E-state index contributed by atoms with van der Waals surface area (Å²) in [5, 5.41) is 13.2. The highest BCUT2D eigenvalue weighted by Crippen LogP contribution is 2.34. The Bertz CT molecular complexity index is 1140. The first-order valence-corrected chi connectivity index (χ1v) is 9.40. The van der Waals surface area contributed by atoms with Crippen molar-refractivity contribution in [2.24, 2.45) is 0 Å². The molecule has 0 unspecified atom stereocenters. The third-order valence-electron chi connectivity index (χ3n) is 5.09. The van der Waals surface area contributed by atoms with Crippen LogP contribution >= 0.6 is 0 Å². The lowest BCUT2D eigenvalue weighted by Crippen LogP contribution is -2.34. The van der Waals surface area contributed by atoms with E-state index in [2.05, 4.69) is 16.2 Å². The Morgan fingerprint density at radius 1 is 1.06 bits per heavy atom. The maximum Gasteiger partial charge on any atom is 0.419 e. The summed E-state index contributed by atoms with van der Waals surface area (Å²) in [4.78, 5) is 6.02. The highest BCUT2D eigenvalue weighted by Gasteiger charge is 2.34. The fourth-order valence-electron chi connectivity index (χ4n) is 3.46. The maximum atomic E-state index is 13.5. The maximum absolute atomic E-state index is 13.5. The molecule has 5 nitrogen and oxygen atoms in total. The summed E-state index contributed by atoms with van der Waals surface area (Å²) in [6.07, 6.45) is -4.93. The first-order valence-electron chi connectivity index (χ1n) is 9.40. The van der Waals surface area contributed by atoms with Gasteiger partial charge in [0.15, 0.2) is 0 Å². The van der Waals surface area contributed by atoms with E-state index in [-0.39, 0.29) is 17.3 Å². The van der Waals surface area contributed by atoms with Crippen LogP contribution in [-0.2, 0) is 6.18 Å². The number of aromatic nitrogens is 2. The molecule has 0 bridgehead atoms. The van der Waals surface area contributed by atoms with Crippen LogP contribution in [0.5, 0.6) is 0 Å². The number of alkyl halides is 4. The van der Waals surface area contributed by atoms with Gasteiger partial charge in [-0.05, 0) is 49.2 Å². The van der Waals surface area contributed by atoms with E-state index >= 15 is 0 Å². The third kappa shape index (κ3) is 4.21. The van der Waals surface area contributed by atoms with Crippen LogP contribution in [0.1, 0.15) is 24.0 Å². The van der Waals surface area contributed by atoms with Gasteiger partial charge < -0.3 is 9.42 Å². The molecule has 0 spiro atoms. The number of anilines is 1. The number of hydrogen-bond donors (Lipinski definition) is 0. The number of piperidine rings is 1. The van der Waals surface area contributed by atoms with Crippen molar-refractivity contribution in [3.63, 3.8) is 0 Å². The summed E-state index contributed by atoms with van der Waals surface area (Å²) in [6.45, 7) is 0.984. The molecule has 2 heterocycles. The summed E-state index contributed by atoms with van der Waals surface area (Å²) in [7, 11) is 0. The Kier molecular flexibility index (Phi) is 5.35. The third-order valence-corrected chi connectivity index (χ3v) is 5.09. The highest BCUT2D eigenvalue weighted by atomic mass is 19.4. The van der Waals surface area contributed by atoms with E-state index < -0.39 is 23.7 Å². The molecule has 31 heavy (non-hydrogen) atoms. The predicted octanol–water partition coefficient (Wildman–Crippen LogP) is 5.37. The number of hydrogen-bond acceptors (Lipinski definition) is 5. The lowest BCUT2D eigenvalue weighted by atomic mass is 10.0. The first-order chi connectivity index (χ1) is 14.8. The second-order valence-electron chi connectivity index (χ2n) is 7.12. The smallest absolute Gasteiger partial charge is 0.370 e. The van der Waals surface area contributed by atoms with E-state index in [4.69, 9.17) is 4.52 Å². The van der Waals surface area contributed by atoms with E-state index in [0.29, 0.717) is 54.9 Å². The minimum atomic E-state index is -4.86. The van der Waals surface area contributed by atoms with Crippen molar-refractivity contribution in [2.45, 2.75) is 25.2 Å². The zero-order valence-electron chi connectivity index (χ0n) is 16.0. The Morgan fingerprint density at radius 2 is 1.77 bits per heavy atom. The molecule has 0 aliphatic carbocycles. The zero-order chi connectivity index (χ0) is 22.2. The molecule has 10 heteroatoms. The average Bonchev–Trinajstić information content (AvgIpc) is 3.24. The molecule has 160 valence electrons. The van der Waals surface area contributed by atoms with Gasteiger partial charge in [0.25, 0.3) is 5.89 Å². The van der Waals surface area contributed by atoms with Crippen LogP contribution in [0, 0.1) is 17.1 Å². The fraction of sp³-hybridized carbons (Fsp3) is 0.286. The number of halogens is 5. The van der Waals surface area contributed by atoms with E-state index in [1.165, 1.54) is 6.07 Å². The molecule has 1 aliphatic heterocycles. The predicted molar refractivity (Wildman–Crippen MR) is 101 cm³/mol. The molecule has 1 aliphatic rings. The average molecular weight is 434 g/mol. The summed E-state index contributed by atoms with van der Waals surface area (Å²) in [5.41, 5.74) is -0.0982. The van der Waals surface area contributed by atoms with Crippen molar-refractivity contribution in [2.75, 3.05) is 18.0 Å². The van der Waals surface area contributed by atoms with Crippen molar-refractivity contribution in [1.82, 2.24) is 10.1 Å². The summed E-state index contributed by atoms with van der Waals surface area (Å²) in [6, 6.07) is 9.38. The Hall–Kier alpha value is -3.48. The SMILES string of the molecule is N#Cc1cc(-c2nc(-c3ccc(F)c(C(F)(F)F)c3)no2)ccc1N1CCC(F)CC1. The van der Waals surface area contributed by atoms with Crippen molar-refractivity contribution < 1.29 is 26.5 Å². The first kappa shape index (κ1) is 20.8. The molecule has 2 aromatic carbocycles. The Balaban J connectivity index is 1.63. The Labute approximate surface area is 173 Å². The number of rotatable bonds is 3. The van der Waals surface area contributed by atoms with Gasteiger partial charge in [-0.3, -0.25) is 0 Å². The van der Waals surface area contributed by atoms with Gasteiger partial charge in [0.2, 0.25) is 5.82 Å². The molecule has 0 radical (unpaired) electrons. The molecule has 0 N–H and O–H groups in total. The van der Waals surface area contributed by atoms with E-state index in [1.807, 2.05) is 4.90 Å². The van der Waals surface area contributed by atoms with Crippen LogP contribution in [0.25, 0.3) is 22.8 Å². The quantitative estimate of drug-likeness (QED) is 0.519. The van der Waals surface area contributed by atoms with Crippen LogP contribution in [0.2, 0.25) is 0 Å². The molecule has 1 aromatic heterocycles. The van der Waals surface area contributed by atoms with Crippen LogP contribution in [-0.4, -0.2) is 29.4 Å². The van der Waals surface area contributed by atoms with E-state index in [9.17, 15) is 27.2 Å². The minimum absolute atomic E-state index is 0.00148. The van der Waals surface area contributed by atoms with Gasteiger partial charge in [0.05, 0.1) is 16.8 Å². The molecular weight excluding hydrogens is 419 g/mol. The molecule has 1 fully saturated rings. The highest BCUT2D eigenvalue weighted by molar-refractivity contribution is 5.69. The lowest BCUT2D eigenvalue weighted by Gasteiger charge is -2.31. The van der Waals surface area contributed by atoms with Gasteiger partial charge in [-0.1, -0.05) is 5.16 Å². The topological polar surface area (TPSA) is 66.0 Å². The van der Waals surface area contributed by atoms with Crippen molar-refractivity contribution in [3.05, 3.63) is 53.3 Å². The van der Waals surface area contributed by atoms with Gasteiger partial charge in [-0.25, -0.2) is 8.78 Å². The lowest BCUT2D eigenvalue weighted by molar-refractivity contribution is -0.139. The van der Waals surface area contributed by atoms with Crippen molar-refractivity contribution >= 4 is 5.69 Å². The minimum Gasteiger partial charge on any atom is -0.370 e. The monoisotopic (exact) mass is 434 g/mol. The largest absolute Gasteiger partial charge is 0.419 e. The molecule has 4 rings (SSSR count). The fourth-order valence-corrected chi connectivity index (χ4v) is 3.46. The normalized spacial score (nSPS) is 15.2. The van der Waals surface area contributed by atoms with Gasteiger partial charge in [-0.2, -0.15) is 23.4 Å². The molecular formula is C21H15F5N4O. The summed E-state index contributed by atoms with van der Waals surface area (Å²) in [5.74, 6) is -1.54. The second kappa shape index (κ2) is 7.98. The molecule has 0 amide bonds. The molecule has 0 atom stereocenters. The van der Waals surface area contributed by atoms with Gasteiger partial charge in [-0.15, -0.1) is 0 Å².